The summed E-state index contributed by atoms with van der Waals surface area (Å²) in [5.41, 5.74) is 4.06. The third-order valence-corrected chi connectivity index (χ3v) is 0.532. The van der Waals surface area contributed by atoms with Crippen molar-refractivity contribution in [3.8, 4) is 0 Å². The minimum atomic E-state index is 0.725. The summed E-state index contributed by atoms with van der Waals surface area (Å²) in [4.78, 5) is 0. The predicted molar refractivity (Wildman–Crippen MR) is 28.3 cm³/mol. The van der Waals surface area contributed by atoms with Crippen LogP contribution >= 0.6 is 0 Å². The molecule has 7 heavy (non-hydrogen) atoms. The van der Waals surface area contributed by atoms with Gasteiger partial charge in [0, 0.05) is 6.92 Å². The monoisotopic (exact) mass is 103 g/mol. The van der Waals surface area contributed by atoms with Crippen molar-refractivity contribution in [3.05, 3.63) is 0 Å². The van der Waals surface area contributed by atoms with Gasteiger partial charge >= 0.3 is 0 Å². The molecule has 0 spiro atoms. The Hall–Kier alpha value is -0.610. The average Bonchev–Trinajstić information content (AvgIpc) is 1.68. The number of hydrazine groups is 1. The van der Waals surface area contributed by atoms with E-state index in [0.717, 1.165) is 5.84 Å². The van der Waals surface area contributed by atoms with E-state index in [-0.39, 0.29) is 0 Å². The van der Waals surface area contributed by atoms with Crippen LogP contribution in [0, 0.1) is 0 Å². The lowest BCUT2D eigenvalue weighted by atomic mass is 10.7. The van der Waals surface area contributed by atoms with Gasteiger partial charge in [-0.3, -0.25) is 0 Å². The minimum absolute atomic E-state index is 0.725. The molecule has 0 aromatic heterocycles. The van der Waals surface area contributed by atoms with Gasteiger partial charge < -0.3 is 5.43 Å². The number of nitrogens with two attached hydrogens (primary N) is 2. The Balaban J connectivity index is 3.29. The van der Waals surface area contributed by atoms with Crippen LogP contribution in [0.3, 0.4) is 0 Å². The van der Waals surface area contributed by atoms with E-state index < -0.39 is 0 Å². The Kier molecular flexibility index (Phi) is 3.26. The van der Waals surface area contributed by atoms with Gasteiger partial charge in [0.25, 0.3) is 0 Å². The molecular weight excluding hydrogens is 92.1 g/mol. The maximum Gasteiger partial charge on any atom is 0.168 e. The van der Waals surface area contributed by atoms with E-state index in [9.17, 15) is 0 Å². The predicted octanol–water partition coefficient (Wildman–Crippen LogP) is -2.02. The zero-order valence-corrected chi connectivity index (χ0v) is 4.60. The lowest BCUT2D eigenvalue weighted by Gasteiger charge is -1.89. The molecule has 0 unspecified atom stereocenters. The number of nitrogens with zero attached hydrogens (tertiary/aromatic N) is 1. The summed E-state index contributed by atoms with van der Waals surface area (Å²) in [5.74, 6) is 5.68. The zero-order valence-electron chi connectivity index (χ0n) is 4.60. The van der Waals surface area contributed by atoms with Crippen LogP contribution in [0.2, 0.25) is 0 Å². The topological polar surface area (TPSA) is 67.0 Å². The van der Waals surface area contributed by atoms with E-state index >= 15 is 0 Å². The normalized spacial score (nSPS) is 11.6. The van der Waals surface area contributed by atoms with Gasteiger partial charge in [-0.15, -0.1) is 0 Å². The van der Waals surface area contributed by atoms with Crippen LogP contribution in [-0.2, 0) is 0 Å². The molecule has 0 heterocycles. The summed E-state index contributed by atoms with van der Waals surface area (Å²) in [5, 5.41) is 3.80. The molecule has 0 saturated carbocycles. The van der Waals surface area contributed by atoms with Crippen molar-refractivity contribution in [2.75, 3.05) is 7.05 Å². The number of hydrogen-bond acceptors (Lipinski definition) is 2. The van der Waals surface area contributed by atoms with Gasteiger partial charge in [0.15, 0.2) is 5.84 Å². The van der Waals surface area contributed by atoms with Crippen LogP contribution in [0.5, 0.6) is 0 Å². The standard InChI is InChI=1S/C3H10N4/c1-3(6-4)7-5-2/h5H,4H2,1-2H3,(H,6,7)/p+1. The van der Waals surface area contributed by atoms with E-state index in [2.05, 4.69) is 10.5 Å². The fraction of sp³-hybridized carbons (Fsp3) is 0.667. The van der Waals surface area contributed by atoms with Gasteiger partial charge in [0.1, 0.15) is 0 Å². The molecule has 0 atom stereocenters. The first kappa shape index (κ1) is 6.39. The van der Waals surface area contributed by atoms with Crippen molar-refractivity contribution in [1.29, 1.82) is 0 Å². The smallest absolute Gasteiger partial charge is 0.168 e. The maximum absolute atomic E-state index is 4.96. The number of quaternary nitrogens is 1. The molecule has 0 aliphatic rings. The molecule has 0 rings (SSSR count). The van der Waals surface area contributed by atoms with E-state index in [1.807, 2.05) is 7.05 Å². The average molecular weight is 103 g/mol. The van der Waals surface area contributed by atoms with E-state index in [0.29, 0.717) is 0 Å². The van der Waals surface area contributed by atoms with Crippen molar-refractivity contribution in [1.82, 2.24) is 5.43 Å². The van der Waals surface area contributed by atoms with Crippen molar-refractivity contribution < 1.29 is 5.43 Å². The summed E-state index contributed by atoms with van der Waals surface area (Å²) >= 11 is 0. The van der Waals surface area contributed by atoms with Gasteiger partial charge in [-0.25, -0.2) is 11.3 Å². The molecule has 0 aliphatic heterocycles. The van der Waals surface area contributed by atoms with Gasteiger partial charge in [-0.1, -0.05) is 5.10 Å². The number of hydrogen-bond donors (Lipinski definition) is 3. The second-order valence-electron chi connectivity index (χ2n) is 1.12. The molecule has 0 saturated heterocycles. The van der Waals surface area contributed by atoms with Gasteiger partial charge in [0.05, 0.1) is 7.05 Å². The Morgan fingerprint density at radius 1 is 1.86 bits per heavy atom. The van der Waals surface area contributed by atoms with Gasteiger partial charge in [0.2, 0.25) is 0 Å². The molecule has 0 aromatic carbocycles. The maximum atomic E-state index is 4.96. The summed E-state index contributed by atoms with van der Waals surface area (Å²) in [6.07, 6.45) is 0. The Bertz CT molecular complexity index is 67.3. The first-order chi connectivity index (χ1) is 3.31. The van der Waals surface area contributed by atoms with Crippen LogP contribution in [0.4, 0.5) is 0 Å². The fourth-order valence-corrected chi connectivity index (χ4v) is 0.231. The van der Waals surface area contributed by atoms with Gasteiger partial charge in [-0.05, 0) is 0 Å². The third-order valence-electron chi connectivity index (χ3n) is 0.532. The first-order valence-corrected chi connectivity index (χ1v) is 2.10. The summed E-state index contributed by atoms with van der Waals surface area (Å²) in [6, 6.07) is 0. The highest BCUT2D eigenvalue weighted by Crippen LogP contribution is 1.51. The van der Waals surface area contributed by atoms with Crippen molar-refractivity contribution in [3.63, 3.8) is 0 Å². The fourth-order valence-electron chi connectivity index (χ4n) is 0.231. The van der Waals surface area contributed by atoms with E-state index in [4.69, 9.17) is 5.84 Å². The largest absolute Gasteiger partial charge is 0.308 e. The van der Waals surface area contributed by atoms with Crippen LogP contribution in [-0.4, -0.2) is 12.9 Å². The lowest BCUT2D eigenvalue weighted by Crippen LogP contribution is -2.73. The Morgan fingerprint density at radius 2 is 2.43 bits per heavy atom. The highest BCUT2D eigenvalue weighted by Gasteiger charge is 1.79. The van der Waals surface area contributed by atoms with Crippen LogP contribution in [0.25, 0.3) is 0 Å². The summed E-state index contributed by atoms with van der Waals surface area (Å²) in [7, 11) is 1.83. The molecule has 42 valence electrons. The first-order valence-electron chi connectivity index (χ1n) is 2.10. The molecule has 0 aromatic rings. The van der Waals surface area contributed by atoms with Crippen molar-refractivity contribution in [2.24, 2.45) is 10.9 Å². The molecule has 0 amide bonds. The second kappa shape index (κ2) is 3.58. The summed E-state index contributed by atoms with van der Waals surface area (Å²) in [6.45, 7) is 1.79. The highest BCUT2D eigenvalue weighted by atomic mass is 15.3. The quantitative estimate of drug-likeness (QED) is 0.155. The van der Waals surface area contributed by atoms with E-state index in [1.165, 1.54) is 0 Å². The molecule has 5 N–H and O–H groups in total. The highest BCUT2D eigenvalue weighted by molar-refractivity contribution is 5.77. The lowest BCUT2D eigenvalue weighted by molar-refractivity contribution is -0.633. The number of rotatable bonds is 1. The molecule has 4 nitrogen and oxygen atoms in total. The summed E-state index contributed by atoms with van der Waals surface area (Å²) < 4.78 is 0. The molecule has 4 heteroatoms. The van der Waals surface area contributed by atoms with Crippen LogP contribution < -0.4 is 16.7 Å². The number of nitrogens with one attached hydrogen (secondary N) is 1. The van der Waals surface area contributed by atoms with Gasteiger partial charge in [-0.2, -0.15) is 0 Å². The van der Waals surface area contributed by atoms with Crippen LogP contribution in [0.1, 0.15) is 6.92 Å². The molecule has 0 fully saturated rings. The molecule has 0 aliphatic carbocycles. The van der Waals surface area contributed by atoms with E-state index in [1.54, 1.807) is 12.3 Å². The Labute approximate surface area is 42.7 Å². The van der Waals surface area contributed by atoms with Crippen molar-refractivity contribution >= 4 is 5.84 Å². The molecule has 0 radical (unpaired) electrons. The Morgan fingerprint density at radius 3 is 2.57 bits per heavy atom. The number of amidine groups is 1. The molecular formula is C3H11N4+. The van der Waals surface area contributed by atoms with Crippen LogP contribution in [0.15, 0.2) is 5.10 Å². The third kappa shape index (κ3) is 3.21. The van der Waals surface area contributed by atoms with Crippen molar-refractivity contribution in [2.45, 2.75) is 6.92 Å². The second-order valence-corrected chi connectivity index (χ2v) is 1.12. The minimum Gasteiger partial charge on any atom is -0.308 e. The molecule has 0 bridgehead atoms. The zero-order chi connectivity index (χ0) is 5.70. The SMILES string of the molecule is C[NH2+]N=C(C)NN.